The molecule has 0 atom stereocenters. The van der Waals surface area contributed by atoms with Crippen molar-refractivity contribution in [1.82, 2.24) is 9.97 Å². The van der Waals surface area contributed by atoms with Gasteiger partial charge in [0.2, 0.25) is 5.71 Å². The zero-order chi connectivity index (χ0) is 14.0. The molecule has 0 saturated heterocycles. The zero-order valence-corrected chi connectivity index (χ0v) is 9.94. The number of nitrogens with one attached hydrogen (secondary N) is 2. The maximum atomic E-state index is 11.7. The van der Waals surface area contributed by atoms with Gasteiger partial charge in [-0.05, 0) is 12.0 Å². The number of hydrogen-bond acceptors (Lipinski definition) is 6. The van der Waals surface area contributed by atoms with E-state index in [2.05, 4.69) is 9.72 Å². The monoisotopic (exact) mass is 266 g/mol. The molecule has 2 heterocycles. The molecule has 19 heavy (non-hydrogen) atoms. The second-order valence-electron chi connectivity index (χ2n) is 3.78. The second-order valence-corrected chi connectivity index (χ2v) is 3.78. The normalized spacial score (nSPS) is 10.6. The summed E-state index contributed by atoms with van der Waals surface area (Å²) in [6.07, 6.45) is 0.136. The summed E-state index contributed by atoms with van der Waals surface area (Å²) in [7, 11) is 1.24. The number of aryl methyl sites for hydroxylation is 1. The first-order valence-corrected chi connectivity index (χ1v) is 5.37. The van der Waals surface area contributed by atoms with Crippen molar-refractivity contribution in [3.8, 4) is 0 Å². The molecule has 2 aromatic heterocycles. The lowest BCUT2D eigenvalue weighted by Crippen LogP contribution is -2.24. The van der Waals surface area contributed by atoms with Crippen molar-refractivity contribution < 1.29 is 13.9 Å². The standard InChI is InChI=1S/C11H10N2O6/c1-18-6(14)3-2-5-4-7(15)19-10-8(5)9(16)12-11(17)13-10/h4H,2-3H2,1H3,(H2,12,13,16,17). The molecule has 0 aliphatic rings. The van der Waals surface area contributed by atoms with Gasteiger partial charge >= 0.3 is 17.3 Å². The average molecular weight is 266 g/mol. The molecule has 0 radical (unpaired) electrons. The highest BCUT2D eigenvalue weighted by molar-refractivity contribution is 5.76. The van der Waals surface area contributed by atoms with Crippen LogP contribution in [0.2, 0.25) is 0 Å². The van der Waals surface area contributed by atoms with Gasteiger partial charge in [0.25, 0.3) is 5.56 Å². The summed E-state index contributed by atoms with van der Waals surface area (Å²) in [5.74, 6) is -0.470. The summed E-state index contributed by atoms with van der Waals surface area (Å²) in [4.78, 5) is 49.4. The van der Waals surface area contributed by atoms with Gasteiger partial charge in [-0.2, -0.15) is 0 Å². The van der Waals surface area contributed by atoms with Crippen molar-refractivity contribution in [3.63, 3.8) is 0 Å². The van der Waals surface area contributed by atoms with Gasteiger partial charge in [-0.3, -0.25) is 19.6 Å². The summed E-state index contributed by atoms with van der Waals surface area (Å²) < 4.78 is 9.23. The molecule has 0 amide bonds. The fourth-order valence-corrected chi connectivity index (χ4v) is 1.71. The Hall–Kier alpha value is -2.64. The Labute approximate surface area is 105 Å². The zero-order valence-electron chi connectivity index (χ0n) is 9.94. The lowest BCUT2D eigenvalue weighted by Gasteiger charge is -2.03. The number of fused-ring (bicyclic) bond motifs is 1. The van der Waals surface area contributed by atoms with E-state index in [1.54, 1.807) is 0 Å². The van der Waals surface area contributed by atoms with E-state index in [9.17, 15) is 19.2 Å². The third kappa shape index (κ3) is 2.62. The van der Waals surface area contributed by atoms with Crippen LogP contribution < -0.4 is 16.9 Å². The SMILES string of the molecule is COC(=O)CCc1cc(=O)oc2[nH]c(=O)[nH]c(=O)c12. The largest absolute Gasteiger partial charge is 0.469 e. The molecule has 0 unspecified atom stereocenters. The molecule has 0 aliphatic carbocycles. The van der Waals surface area contributed by atoms with E-state index < -0.39 is 22.8 Å². The molecule has 8 nitrogen and oxygen atoms in total. The van der Waals surface area contributed by atoms with Crippen LogP contribution >= 0.6 is 0 Å². The Morgan fingerprint density at radius 2 is 2.05 bits per heavy atom. The molecule has 2 rings (SSSR count). The van der Waals surface area contributed by atoms with Crippen LogP contribution in [0.25, 0.3) is 11.1 Å². The molecule has 0 aromatic carbocycles. The van der Waals surface area contributed by atoms with E-state index in [4.69, 9.17) is 4.42 Å². The Bertz CT molecular complexity index is 792. The third-order valence-corrected chi connectivity index (χ3v) is 2.55. The number of esters is 1. The van der Waals surface area contributed by atoms with E-state index >= 15 is 0 Å². The molecule has 8 heteroatoms. The van der Waals surface area contributed by atoms with Crippen LogP contribution in [-0.2, 0) is 16.0 Å². The van der Waals surface area contributed by atoms with Gasteiger partial charge in [0.15, 0.2) is 0 Å². The van der Waals surface area contributed by atoms with Crippen molar-refractivity contribution in [1.29, 1.82) is 0 Å². The topological polar surface area (TPSA) is 122 Å². The van der Waals surface area contributed by atoms with Crippen LogP contribution in [0.15, 0.2) is 24.9 Å². The van der Waals surface area contributed by atoms with Crippen molar-refractivity contribution in [2.24, 2.45) is 0 Å². The fourth-order valence-electron chi connectivity index (χ4n) is 1.71. The molecule has 0 bridgehead atoms. The fraction of sp³-hybridized carbons (Fsp3) is 0.273. The van der Waals surface area contributed by atoms with Gasteiger partial charge in [-0.1, -0.05) is 0 Å². The maximum Gasteiger partial charge on any atom is 0.337 e. The predicted molar refractivity (Wildman–Crippen MR) is 64.1 cm³/mol. The van der Waals surface area contributed by atoms with Gasteiger partial charge < -0.3 is 9.15 Å². The molecule has 0 fully saturated rings. The second kappa shape index (κ2) is 4.92. The number of hydrogen-bond donors (Lipinski definition) is 2. The molecular formula is C11H10N2O6. The highest BCUT2D eigenvalue weighted by Gasteiger charge is 2.12. The molecule has 100 valence electrons. The Morgan fingerprint density at radius 1 is 1.32 bits per heavy atom. The van der Waals surface area contributed by atoms with Crippen molar-refractivity contribution in [3.05, 3.63) is 42.9 Å². The van der Waals surface area contributed by atoms with E-state index in [1.807, 2.05) is 4.98 Å². The number of carbonyl (C=O) groups is 1. The number of H-pyrrole nitrogens is 2. The summed E-state index contributed by atoms with van der Waals surface area (Å²) in [5.41, 5.74) is -2.06. The summed E-state index contributed by atoms with van der Waals surface area (Å²) in [5, 5.41) is 0.0445. The highest BCUT2D eigenvalue weighted by atomic mass is 16.5. The van der Waals surface area contributed by atoms with Crippen molar-refractivity contribution >= 4 is 17.1 Å². The number of ether oxygens (including phenoxy) is 1. The molecule has 0 spiro atoms. The average Bonchev–Trinajstić information content (AvgIpc) is 2.34. The summed E-state index contributed by atoms with van der Waals surface area (Å²) in [6.45, 7) is 0. The highest BCUT2D eigenvalue weighted by Crippen LogP contribution is 2.11. The van der Waals surface area contributed by atoms with Crippen LogP contribution in [0, 0.1) is 0 Å². The summed E-state index contributed by atoms with van der Waals surface area (Å²) >= 11 is 0. The first kappa shape index (κ1) is 12.8. The van der Waals surface area contributed by atoms with Crippen molar-refractivity contribution in [2.75, 3.05) is 7.11 Å². The van der Waals surface area contributed by atoms with Gasteiger partial charge in [0.05, 0.1) is 7.11 Å². The minimum absolute atomic E-state index is 0.00756. The van der Waals surface area contributed by atoms with E-state index in [1.165, 1.54) is 7.11 Å². The maximum absolute atomic E-state index is 11.7. The predicted octanol–water partition coefficient (Wildman–Crippen LogP) is -0.725. The minimum Gasteiger partial charge on any atom is -0.469 e. The first-order chi connectivity index (χ1) is 9.01. The molecule has 2 N–H and O–H groups in total. The number of aromatic nitrogens is 2. The van der Waals surface area contributed by atoms with Crippen LogP contribution in [-0.4, -0.2) is 23.0 Å². The number of methoxy groups -OCH3 is 1. The smallest absolute Gasteiger partial charge is 0.337 e. The van der Waals surface area contributed by atoms with Crippen LogP contribution in [0.1, 0.15) is 12.0 Å². The Morgan fingerprint density at radius 3 is 2.74 bits per heavy atom. The number of aromatic amines is 2. The van der Waals surface area contributed by atoms with Crippen LogP contribution in [0.4, 0.5) is 0 Å². The molecular weight excluding hydrogens is 256 g/mol. The van der Waals surface area contributed by atoms with Gasteiger partial charge in [0, 0.05) is 12.5 Å². The van der Waals surface area contributed by atoms with E-state index in [0.717, 1.165) is 6.07 Å². The van der Waals surface area contributed by atoms with Crippen molar-refractivity contribution in [2.45, 2.75) is 12.8 Å². The summed E-state index contributed by atoms with van der Waals surface area (Å²) in [6, 6.07) is 1.11. The number of carbonyl (C=O) groups excluding carboxylic acids is 1. The van der Waals surface area contributed by atoms with Gasteiger partial charge in [-0.15, -0.1) is 0 Å². The Kier molecular flexibility index (Phi) is 3.32. The van der Waals surface area contributed by atoms with E-state index in [-0.39, 0.29) is 23.9 Å². The molecule has 0 saturated carbocycles. The lowest BCUT2D eigenvalue weighted by atomic mass is 10.1. The molecule has 0 aliphatic heterocycles. The van der Waals surface area contributed by atoms with E-state index in [0.29, 0.717) is 5.56 Å². The van der Waals surface area contributed by atoms with Gasteiger partial charge in [-0.25, -0.2) is 9.59 Å². The minimum atomic E-state index is -0.772. The van der Waals surface area contributed by atoms with Gasteiger partial charge in [0.1, 0.15) is 5.39 Å². The number of rotatable bonds is 3. The lowest BCUT2D eigenvalue weighted by molar-refractivity contribution is -0.140. The third-order valence-electron chi connectivity index (χ3n) is 2.55. The Balaban J connectivity index is 2.60. The quantitative estimate of drug-likeness (QED) is 0.706. The van der Waals surface area contributed by atoms with Crippen LogP contribution in [0.3, 0.4) is 0 Å². The molecule has 2 aromatic rings. The first-order valence-electron chi connectivity index (χ1n) is 5.37. The van der Waals surface area contributed by atoms with Crippen LogP contribution in [0.5, 0.6) is 0 Å².